The summed E-state index contributed by atoms with van der Waals surface area (Å²) in [5, 5.41) is 10.7. The summed E-state index contributed by atoms with van der Waals surface area (Å²) in [5.74, 6) is -0.479. The van der Waals surface area contributed by atoms with E-state index in [0.717, 1.165) is 24.8 Å². The van der Waals surface area contributed by atoms with Crippen LogP contribution in [0.5, 0.6) is 0 Å². The van der Waals surface area contributed by atoms with Crippen molar-refractivity contribution in [1.29, 1.82) is 0 Å². The average molecular weight is 248 g/mol. The lowest BCUT2D eigenvalue weighted by atomic mass is 9.83. The van der Waals surface area contributed by atoms with Gasteiger partial charge >= 0.3 is 5.97 Å². The quantitative estimate of drug-likeness (QED) is 0.407. The Morgan fingerprint density at radius 3 is 2.83 bits per heavy atom. The summed E-state index contributed by atoms with van der Waals surface area (Å²) in [7, 11) is 0. The number of allylic oxidation sites excluding steroid dienone is 3. The van der Waals surface area contributed by atoms with Crippen LogP contribution in [0, 0.1) is 0 Å². The number of carbonyl (C=O) groups is 1. The summed E-state index contributed by atoms with van der Waals surface area (Å²) in [6.07, 6.45) is 6.64. The summed E-state index contributed by atoms with van der Waals surface area (Å²) in [4.78, 5) is 11.6. The van der Waals surface area contributed by atoms with Crippen molar-refractivity contribution >= 4 is 5.97 Å². The standard InChI is InChI=1S/C15H20O3/c1-10-5-4-6-11(2)9-13-15(17,8-7-10)12(3)14(16)18-13/h5,9,13,17H,3-4,6-8H2,1-2H3/b10-5-,11-9-/t13-,15-/m1/s1. The van der Waals surface area contributed by atoms with Gasteiger partial charge in [0.05, 0.1) is 5.57 Å². The fourth-order valence-electron chi connectivity index (χ4n) is 2.48. The highest BCUT2D eigenvalue weighted by Crippen LogP contribution is 2.38. The van der Waals surface area contributed by atoms with Crippen molar-refractivity contribution in [2.45, 2.75) is 51.2 Å². The minimum atomic E-state index is -1.25. The normalized spacial score (nSPS) is 39.2. The molecule has 2 rings (SSSR count). The fourth-order valence-corrected chi connectivity index (χ4v) is 2.48. The van der Waals surface area contributed by atoms with Crippen LogP contribution in [0.4, 0.5) is 0 Å². The van der Waals surface area contributed by atoms with E-state index >= 15 is 0 Å². The molecule has 2 atom stereocenters. The Kier molecular flexibility index (Phi) is 3.44. The minimum Gasteiger partial charge on any atom is -0.451 e. The lowest BCUT2D eigenvalue weighted by Gasteiger charge is -2.27. The van der Waals surface area contributed by atoms with Crippen molar-refractivity contribution in [3.63, 3.8) is 0 Å². The molecule has 18 heavy (non-hydrogen) atoms. The number of esters is 1. The van der Waals surface area contributed by atoms with Gasteiger partial charge in [-0.25, -0.2) is 4.79 Å². The van der Waals surface area contributed by atoms with Crippen LogP contribution >= 0.6 is 0 Å². The van der Waals surface area contributed by atoms with Crippen molar-refractivity contribution < 1.29 is 14.6 Å². The van der Waals surface area contributed by atoms with Crippen molar-refractivity contribution in [1.82, 2.24) is 0 Å². The number of hydrogen-bond acceptors (Lipinski definition) is 3. The second kappa shape index (κ2) is 4.73. The van der Waals surface area contributed by atoms with Crippen LogP contribution < -0.4 is 0 Å². The molecule has 98 valence electrons. The predicted molar refractivity (Wildman–Crippen MR) is 70.0 cm³/mol. The van der Waals surface area contributed by atoms with Gasteiger partial charge in [-0.15, -0.1) is 0 Å². The van der Waals surface area contributed by atoms with Gasteiger partial charge in [0.15, 0.2) is 6.10 Å². The highest BCUT2D eigenvalue weighted by Gasteiger charge is 2.50. The van der Waals surface area contributed by atoms with Crippen molar-refractivity contribution in [2.75, 3.05) is 0 Å². The molecule has 0 saturated carbocycles. The Balaban J connectivity index is 2.36. The summed E-state index contributed by atoms with van der Waals surface area (Å²) < 4.78 is 5.23. The maximum atomic E-state index is 11.6. The second-order valence-corrected chi connectivity index (χ2v) is 5.33. The van der Waals surface area contributed by atoms with Gasteiger partial charge in [0.25, 0.3) is 0 Å². The Hall–Kier alpha value is -1.35. The first-order valence-corrected chi connectivity index (χ1v) is 6.39. The summed E-state index contributed by atoms with van der Waals surface area (Å²) >= 11 is 0. The third-order valence-corrected chi connectivity index (χ3v) is 3.84. The zero-order valence-corrected chi connectivity index (χ0v) is 11.0. The molecule has 0 spiro atoms. The molecule has 0 bridgehead atoms. The molecule has 1 heterocycles. The summed E-state index contributed by atoms with van der Waals surface area (Å²) in [6.45, 7) is 7.75. The molecule has 1 aliphatic heterocycles. The number of hydrogen-bond donors (Lipinski definition) is 1. The maximum Gasteiger partial charge on any atom is 0.337 e. The number of fused-ring (bicyclic) bond motifs is 1. The summed E-state index contributed by atoms with van der Waals surface area (Å²) in [5.41, 5.74) is 1.31. The van der Waals surface area contributed by atoms with Crippen LogP contribution in [-0.4, -0.2) is 22.8 Å². The molecule has 3 heteroatoms. The highest BCUT2D eigenvalue weighted by molar-refractivity contribution is 5.93. The smallest absolute Gasteiger partial charge is 0.337 e. The molecule has 0 aromatic carbocycles. The van der Waals surface area contributed by atoms with Gasteiger partial charge < -0.3 is 9.84 Å². The first kappa shape index (κ1) is 13.1. The van der Waals surface area contributed by atoms with E-state index in [2.05, 4.69) is 19.6 Å². The Morgan fingerprint density at radius 1 is 1.39 bits per heavy atom. The molecule has 1 N–H and O–H groups in total. The van der Waals surface area contributed by atoms with Crippen LogP contribution in [0.3, 0.4) is 0 Å². The van der Waals surface area contributed by atoms with Crippen LogP contribution in [0.1, 0.15) is 39.5 Å². The Bertz CT molecular complexity index is 445. The molecule has 0 amide bonds. The van der Waals surface area contributed by atoms with Gasteiger partial charge in [-0.3, -0.25) is 0 Å². The van der Waals surface area contributed by atoms with Crippen LogP contribution in [0.25, 0.3) is 0 Å². The number of rotatable bonds is 0. The van der Waals surface area contributed by atoms with Gasteiger partial charge in [-0.05, 0) is 45.6 Å². The number of carbonyl (C=O) groups excluding carboxylic acids is 1. The largest absolute Gasteiger partial charge is 0.451 e. The lowest BCUT2D eigenvalue weighted by Crippen LogP contribution is -2.38. The highest BCUT2D eigenvalue weighted by atomic mass is 16.6. The molecule has 1 fully saturated rings. The van der Waals surface area contributed by atoms with E-state index in [0.29, 0.717) is 6.42 Å². The molecule has 0 aromatic rings. The summed E-state index contributed by atoms with van der Waals surface area (Å²) in [6, 6.07) is 0. The number of aliphatic hydroxyl groups is 1. The topological polar surface area (TPSA) is 46.5 Å². The van der Waals surface area contributed by atoms with Crippen LogP contribution in [0.15, 0.2) is 35.5 Å². The van der Waals surface area contributed by atoms with Crippen molar-refractivity contribution in [2.24, 2.45) is 0 Å². The lowest BCUT2D eigenvalue weighted by molar-refractivity contribution is -0.138. The van der Waals surface area contributed by atoms with Gasteiger partial charge in [-0.1, -0.05) is 23.8 Å². The molecule has 1 saturated heterocycles. The van der Waals surface area contributed by atoms with E-state index in [9.17, 15) is 9.90 Å². The van der Waals surface area contributed by atoms with Gasteiger partial charge in [0, 0.05) is 0 Å². The zero-order chi connectivity index (χ0) is 13.3. The third kappa shape index (κ3) is 2.27. The van der Waals surface area contributed by atoms with E-state index in [-0.39, 0.29) is 5.57 Å². The molecule has 1 aliphatic carbocycles. The Morgan fingerprint density at radius 2 is 2.11 bits per heavy atom. The van der Waals surface area contributed by atoms with Crippen molar-refractivity contribution in [3.05, 3.63) is 35.5 Å². The van der Waals surface area contributed by atoms with E-state index < -0.39 is 17.7 Å². The second-order valence-electron chi connectivity index (χ2n) is 5.33. The molecule has 0 unspecified atom stereocenters. The van der Waals surface area contributed by atoms with Gasteiger partial charge in [-0.2, -0.15) is 0 Å². The zero-order valence-electron chi connectivity index (χ0n) is 11.0. The SMILES string of the molecule is C=C1C(=O)O[C@@H]2/C=C(/C)CC/C=C(/C)CC[C@@]12O. The molecular formula is C15H20O3. The van der Waals surface area contributed by atoms with Crippen molar-refractivity contribution in [3.8, 4) is 0 Å². The molecule has 2 aliphatic rings. The first-order valence-electron chi connectivity index (χ1n) is 6.39. The molecule has 0 aromatic heterocycles. The van der Waals surface area contributed by atoms with Crippen LogP contribution in [-0.2, 0) is 9.53 Å². The third-order valence-electron chi connectivity index (χ3n) is 3.84. The van der Waals surface area contributed by atoms with Crippen LogP contribution in [0.2, 0.25) is 0 Å². The van der Waals surface area contributed by atoms with E-state index in [4.69, 9.17) is 4.74 Å². The van der Waals surface area contributed by atoms with E-state index in [1.807, 2.05) is 13.0 Å². The number of ether oxygens (including phenoxy) is 1. The van der Waals surface area contributed by atoms with E-state index in [1.165, 1.54) is 5.57 Å². The maximum absolute atomic E-state index is 11.6. The minimum absolute atomic E-state index is 0.185. The molecule has 0 radical (unpaired) electrons. The van der Waals surface area contributed by atoms with Gasteiger partial charge in [0.1, 0.15) is 5.60 Å². The molecule has 3 nitrogen and oxygen atoms in total. The fraction of sp³-hybridized carbons (Fsp3) is 0.533. The molecular weight excluding hydrogens is 228 g/mol. The first-order chi connectivity index (χ1) is 8.43. The monoisotopic (exact) mass is 248 g/mol. The Labute approximate surface area is 108 Å². The van der Waals surface area contributed by atoms with E-state index in [1.54, 1.807) is 0 Å². The average Bonchev–Trinajstić information content (AvgIpc) is 2.52. The predicted octanol–water partition coefficient (Wildman–Crippen LogP) is 2.67. The van der Waals surface area contributed by atoms with Gasteiger partial charge in [0.2, 0.25) is 0 Å².